The highest BCUT2D eigenvalue weighted by molar-refractivity contribution is 6.07. The summed E-state index contributed by atoms with van der Waals surface area (Å²) >= 11 is 0. The number of ether oxygens (including phenoxy) is 1. The van der Waals surface area contributed by atoms with Gasteiger partial charge in [0.15, 0.2) is 0 Å². The van der Waals surface area contributed by atoms with Crippen LogP contribution in [0.4, 0.5) is 11.4 Å². The topological polar surface area (TPSA) is 144 Å². The zero-order valence-electron chi connectivity index (χ0n) is 16.0. The second-order valence-corrected chi connectivity index (χ2v) is 6.29. The second kappa shape index (κ2) is 8.39. The summed E-state index contributed by atoms with van der Waals surface area (Å²) in [5, 5.41) is 25.7. The van der Waals surface area contributed by atoms with Gasteiger partial charge in [-0.2, -0.15) is 5.10 Å². The summed E-state index contributed by atoms with van der Waals surface area (Å²) in [4.78, 5) is 32.9. The van der Waals surface area contributed by atoms with Gasteiger partial charge in [-0.3, -0.25) is 29.7 Å². The molecular weight excluding hydrogens is 396 g/mol. The molecule has 0 saturated heterocycles. The minimum absolute atomic E-state index is 0.00517. The lowest BCUT2D eigenvalue weighted by molar-refractivity contribution is -0.385. The fourth-order valence-corrected chi connectivity index (χ4v) is 2.66. The lowest BCUT2D eigenvalue weighted by Gasteiger charge is -2.05. The number of nitro benzene ring substituents is 1. The van der Waals surface area contributed by atoms with E-state index in [4.69, 9.17) is 9.15 Å². The number of aryl methyl sites for hydroxylation is 2. The lowest BCUT2D eigenvalue weighted by Crippen LogP contribution is -2.00. The number of carbonyl (C=O) groups excluding carboxylic acids is 1. The summed E-state index contributed by atoms with van der Waals surface area (Å²) < 4.78 is 12.3. The molecule has 3 aromatic rings. The van der Waals surface area contributed by atoms with Gasteiger partial charge in [-0.05, 0) is 43.3 Å². The molecule has 1 aromatic carbocycles. The Labute approximate surface area is 169 Å². The van der Waals surface area contributed by atoms with Gasteiger partial charge in [-0.15, -0.1) is 0 Å². The largest absolute Gasteiger partial charge is 0.486 e. The molecule has 0 N–H and O–H groups in total. The van der Waals surface area contributed by atoms with Crippen molar-refractivity contribution in [3.05, 3.63) is 85.6 Å². The van der Waals surface area contributed by atoms with Gasteiger partial charge in [0.25, 0.3) is 5.69 Å². The number of allylic oxidation sites excluding steroid dienone is 1. The molecule has 11 nitrogen and oxygen atoms in total. The van der Waals surface area contributed by atoms with Gasteiger partial charge in [-0.25, -0.2) is 0 Å². The Bertz CT molecular complexity index is 1160. The van der Waals surface area contributed by atoms with Crippen LogP contribution in [-0.2, 0) is 13.7 Å². The summed E-state index contributed by atoms with van der Waals surface area (Å²) in [5.41, 5.74) is -0.158. The van der Waals surface area contributed by atoms with E-state index in [0.717, 1.165) is 12.3 Å². The lowest BCUT2D eigenvalue weighted by atomic mass is 10.2. The minimum Gasteiger partial charge on any atom is -0.486 e. The third kappa shape index (κ3) is 4.58. The third-order valence-corrected chi connectivity index (χ3v) is 4.07. The Morgan fingerprint density at radius 3 is 2.60 bits per heavy atom. The van der Waals surface area contributed by atoms with E-state index in [1.54, 1.807) is 25.1 Å². The Morgan fingerprint density at radius 2 is 1.93 bits per heavy atom. The maximum absolute atomic E-state index is 12.2. The first-order chi connectivity index (χ1) is 14.2. The highest BCUT2D eigenvalue weighted by Crippen LogP contribution is 2.24. The Morgan fingerprint density at radius 1 is 1.20 bits per heavy atom. The molecule has 0 spiro atoms. The normalized spacial score (nSPS) is 11.0. The van der Waals surface area contributed by atoms with E-state index in [1.807, 2.05) is 0 Å². The fraction of sp³-hybridized carbons (Fsp3) is 0.158. The molecule has 2 aromatic heterocycles. The molecule has 0 aliphatic heterocycles. The number of rotatable bonds is 8. The van der Waals surface area contributed by atoms with Crippen molar-refractivity contribution in [2.24, 2.45) is 7.05 Å². The highest BCUT2D eigenvalue weighted by atomic mass is 16.6. The van der Waals surface area contributed by atoms with Crippen LogP contribution in [-0.4, -0.2) is 25.4 Å². The molecule has 0 aliphatic carbocycles. The third-order valence-electron chi connectivity index (χ3n) is 4.07. The maximum atomic E-state index is 12.2. The number of hydrogen-bond donors (Lipinski definition) is 0. The summed E-state index contributed by atoms with van der Waals surface area (Å²) in [6.45, 7) is 1.69. The molecule has 30 heavy (non-hydrogen) atoms. The molecule has 3 rings (SSSR count). The molecule has 154 valence electrons. The van der Waals surface area contributed by atoms with Crippen LogP contribution in [0.25, 0.3) is 6.08 Å². The first-order valence-corrected chi connectivity index (χ1v) is 8.61. The van der Waals surface area contributed by atoms with E-state index in [0.29, 0.717) is 22.8 Å². The first-order valence-electron chi connectivity index (χ1n) is 8.61. The van der Waals surface area contributed by atoms with Gasteiger partial charge in [0.05, 0.1) is 9.85 Å². The number of hydrogen-bond acceptors (Lipinski definition) is 8. The van der Waals surface area contributed by atoms with Crippen LogP contribution in [0.3, 0.4) is 0 Å². The van der Waals surface area contributed by atoms with E-state index >= 15 is 0 Å². The molecule has 0 aliphatic rings. The number of carbonyl (C=O) groups is 1. The average molecular weight is 412 g/mol. The predicted molar refractivity (Wildman–Crippen MR) is 104 cm³/mol. The summed E-state index contributed by atoms with van der Waals surface area (Å²) in [7, 11) is 1.48. The van der Waals surface area contributed by atoms with Crippen LogP contribution < -0.4 is 4.74 Å². The zero-order chi connectivity index (χ0) is 21.8. The van der Waals surface area contributed by atoms with Crippen molar-refractivity contribution in [3.63, 3.8) is 0 Å². The number of nitrogens with zero attached hydrogens (tertiary/aromatic N) is 4. The van der Waals surface area contributed by atoms with E-state index in [9.17, 15) is 25.0 Å². The van der Waals surface area contributed by atoms with Crippen molar-refractivity contribution >= 4 is 23.2 Å². The summed E-state index contributed by atoms with van der Waals surface area (Å²) in [6.07, 6.45) is 3.67. The van der Waals surface area contributed by atoms with Gasteiger partial charge in [-0.1, -0.05) is 0 Å². The van der Waals surface area contributed by atoms with Crippen molar-refractivity contribution < 1.29 is 23.8 Å². The van der Waals surface area contributed by atoms with Gasteiger partial charge < -0.3 is 9.15 Å². The minimum atomic E-state index is -0.670. The van der Waals surface area contributed by atoms with Crippen LogP contribution in [0.15, 0.2) is 47.0 Å². The zero-order valence-corrected chi connectivity index (χ0v) is 16.0. The molecular formula is C19H16N4O7. The second-order valence-electron chi connectivity index (χ2n) is 6.29. The fourth-order valence-electron chi connectivity index (χ4n) is 2.66. The SMILES string of the molecule is Cc1cc(OCc2ccc(/C=C/C(=O)c3nn(C)cc3[N+](=O)[O-])o2)ccc1[N+](=O)[O-]. The predicted octanol–water partition coefficient (Wildman–Crippen LogP) is 3.61. The Balaban J connectivity index is 1.64. The Kier molecular flexibility index (Phi) is 5.72. The smallest absolute Gasteiger partial charge is 0.318 e. The van der Waals surface area contributed by atoms with E-state index in [2.05, 4.69) is 5.10 Å². The van der Waals surface area contributed by atoms with E-state index in [-0.39, 0.29) is 23.7 Å². The molecule has 0 fully saturated rings. The number of ketones is 1. The first kappa shape index (κ1) is 20.5. The summed E-state index contributed by atoms with van der Waals surface area (Å²) in [6, 6.07) is 7.67. The molecule has 0 bridgehead atoms. The number of aromatic nitrogens is 2. The molecule has 0 radical (unpaired) electrons. The average Bonchev–Trinajstić information content (AvgIpc) is 3.30. The van der Waals surface area contributed by atoms with E-state index < -0.39 is 15.6 Å². The van der Waals surface area contributed by atoms with Crippen LogP contribution in [0.1, 0.15) is 27.6 Å². The summed E-state index contributed by atoms with van der Waals surface area (Å²) in [5.74, 6) is 0.629. The molecule has 2 heterocycles. The molecule has 0 unspecified atom stereocenters. The van der Waals surface area contributed by atoms with Gasteiger partial charge in [0.2, 0.25) is 11.5 Å². The van der Waals surface area contributed by atoms with Crippen molar-refractivity contribution in [1.29, 1.82) is 0 Å². The van der Waals surface area contributed by atoms with Crippen molar-refractivity contribution in [3.8, 4) is 5.75 Å². The maximum Gasteiger partial charge on any atom is 0.318 e. The van der Waals surface area contributed by atoms with Crippen LogP contribution in [0.2, 0.25) is 0 Å². The number of benzene rings is 1. The molecule has 0 atom stereocenters. The van der Waals surface area contributed by atoms with Gasteiger partial charge in [0.1, 0.15) is 30.1 Å². The number of furan rings is 1. The van der Waals surface area contributed by atoms with Crippen LogP contribution in [0, 0.1) is 27.2 Å². The molecule has 0 amide bonds. The number of nitro groups is 2. The van der Waals surface area contributed by atoms with Crippen molar-refractivity contribution in [2.45, 2.75) is 13.5 Å². The highest BCUT2D eigenvalue weighted by Gasteiger charge is 2.23. The Hall–Kier alpha value is -4.28. The standard InChI is InChI=1S/C19H16N4O7/c1-12-9-14(5-7-16(12)22(25)26)29-11-15-4-3-13(30-15)6-8-18(24)19-17(23(27)28)10-21(2)20-19/h3-10H,11H2,1-2H3/b8-6+. The molecule has 11 heteroatoms. The van der Waals surface area contributed by atoms with Crippen LogP contribution in [0.5, 0.6) is 5.75 Å². The van der Waals surface area contributed by atoms with Crippen LogP contribution >= 0.6 is 0 Å². The van der Waals surface area contributed by atoms with Crippen molar-refractivity contribution in [1.82, 2.24) is 9.78 Å². The van der Waals surface area contributed by atoms with Crippen molar-refractivity contribution in [2.75, 3.05) is 0 Å². The van der Waals surface area contributed by atoms with Gasteiger partial charge >= 0.3 is 5.69 Å². The quantitative estimate of drug-likeness (QED) is 0.236. The monoisotopic (exact) mass is 412 g/mol. The van der Waals surface area contributed by atoms with E-state index in [1.165, 1.54) is 29.9 Å². The van der Waals surface area contributed by atoms with Gasteiger partial charge in [0, 0.05) is 18.7 Å². The molecule has 0 saturated carbocycles.